The molecule has 6 heteroatoms. The van der Waals surface area contributed by atoms with E-state index in [0.29, 0.717) is 25.9 Å². The highest BCUT2D eigenvalue weighted by atomic mass is 32.1. The number of nitrogens with zero attached hydrogens (tertiary/aromatic N) is 2. The first-order chi connectivity index (χ1) is 12.5. The Balaban J connectivity index is 1.83. The third-order valence-corrected chi connectivity index (χ3v) is 6.73. The van der Waals surface area contributed by atoms with Gasteiger partial charge in [-0.05, 0) is 37.8 Å². The maximum atomic E-state index is 13.4. The van der Waals surface area contributed by atoms with Gasteiger partial charge in [-0.1, -0.05) is 26.0 Å². The average molecular weight is 375 g/mol. The number of piperidine rings is 1. The van der Waals surface area contributed by atoms with Crippen molar-refractivity contribution < 1.29 is 14.7 Å². The zero-order valence-electron chi connectivity index (χ0n) is 15.4. The molecule has 0 saturated carbocycles. The minimum Gasteiger partial charge on any atom is -0.481 e. The number of thiazole rings is 1. The van der Waals surface area contributed by atoms with Gasteiger partial charge in [-0.25, -0.2) is 4.98 Å². The number of para-hydroxylation sites is 1. The van der Waals surface area contributed by atoms with Crippen molar-refractivity contribution in [1.82, 2.24) is 9.88 Å². The predicted molar refractivity (Wildman–Crippen MR) is 103 cm³/mol. The van der Waals surface area contributed by atoms with Crippen LogP contribution in [0.25, 0.3) is 10.2 Å². The summed E-state index contributed by atoms with van der Waals surface area (Å²) in [6, 6.07) is 8.03. The lowest BCUT2D eigenvalue weighted by Crippen LogP contribution is -2.49. The monoisotopic (exact) mass is 374 g/mol. The van der Waals surface area contributed by atoms with E-state index < -0.39 is 17.3 Å². The predicted octanol–water partition coefficient (Wildman–Crippen LogP) is 3.97. The van der Waals surface area contributed by atoms with Crippen LogP contribution in [0.4, 0.5) is 0 Å². The van der Waals surface area contributed by atoms with E-state index in [9.17, 15) is 14.7 Å². The molecule has 1 aromatic heterocycles. The van der Waals surface area contributed by atoms with E-state index in [-0.39, 0.29) is 5.91 Å². The van der Waals surface area contributed by atoms with Gasteiger partial charge in [-0.3, -0.25) is 9.59 Å². The van der Waals surface area contributed by atoms with E-state index in [1.807, 2.05) is 32.0 Å². The highest BCUT2D eigenvalue weighted by Gasteiger charge is 2.41. The number of aliphatic carboxylic acids is 1. The fourth-order valence-corrected chi connectivity index (χ4v) is 4.97. The molecule has 1 atom stereocenters. The van der Waals surface area contributed by atoms with E-state index in [0.717, 1.165) is 34.5 Å². The lowest BCUT2D eigenvalue weighted by Gasteiger charge is -2.39. The van der Waals surface area contributed by atoms with Crippen LogP contribution in [0.5, 0.6) is 0 Å². The van der Waals surface area contributed by atoms with Gasteiger partial charge >= 0.3 is 5.97 Å². The zero-order chi connectivity index (χ0) is 18.7. The lowest BCUT2D eigenvalue weighted by atomic mass is 9.77. The molecular weight excluding hydrogens is 348 g/mol. The number of hydrogen-bond acceptors (Lipinski definition) is 4. The average Bonchev–Trinajstić information content (AvgIpc) is 3.08. The van der Waals surface area contributed by atoms with Crippen molar-refractivity contribution in [3.8, 4) is 0 Å². The highest BCUT2D eigenvalue weighted by molar-refractivity contribution is 7.18. The molecule has 1 aliphatic rings. The van der Waals surface area contributed by atoms with Gasteiger partial charge in [0.25, 0.3) is 0 Å². The fourth-order valence-electron chi connectivity index (χ4n) is 3.86. The van der Waals surface area contributed by atoms with Crippen molar-refractivity contribution in [1.29, 1.82) is 0 Å². The van der Waals surface area contributed by atoms with E-state index in [2.05, 4.69) is 6.07 Å². The molecule has 2 heterocycles. The Hall–Kier alpha value is -1.95. The summed E-state index contributed by atoms with van der Waals surface area (Å²) in [6.07, 6.45) is 3.49. The number of rotatable bonds is 6. The molecular formula is C20H26N2O3S. The van der Waals surface area contributed by atoms with E-state index in [4.69, 9.17) is 4.98 Å². The normalized spacial score (nSPS) is 18.2. The molecule has 0 radical (unpaired) electrons. The Bertz CT molecular complexity index is 764. The third kappa shape index (κ3) is 3.61. The van der Waals surface area contributed by atoms with Gasteiger partial charge < -0.3 is 10.0 Å². The molecule has 1 unspecified atom stereocenters. The van der Waals surface area contributed by atoms with Gasteiger partial charge in [0.1, 0.15) is 0 Å². The number of likely N-dealkylation sites (tertiary alicyclic amines) is 1. The summed E-state index contributed by atoms with van der Waals surface area (Å²) in [7, 11) is 0. The number of hydrogen-bond donors (Lipinski definition) is 1. The molecule has 1 amide bonds. The Kier molecular flexibility index (Phi) is 5.61. The number of carbonyl (C=O) groups excluding carboxylic acids is 1. The van der Waals surface area contributed by atoms with Crippen LogP contribution in [-0.2, 0) is 16.0 Å². The van der Waals surface area contributed by atoms with Crippen LogP contribution in [0, 0.1) is 11.3 Å². The summed E-state index contributed by atoms with van der Waals surface area (Å²) in [5, 5.41) is 10.3. The van der Waals surface area contributed by atoms with Gasteiger partial charge in [-0.15, -0.1) is 11.3 Å². The Morgan fingerprint density at radius 2 is 2.04 bits per heavy atom. The van der Waals surface area contributed by atoms with Crippen LogP contribution in [0.2, 0.25) is 0 Å². The molecule has 140 valence electrons. The smallest absolute Gasteiger partial charge is 0.308 e. The molecule has 2 aromatic rings. The first kappa shape index (κ1) is 18.8. The first-order valence-electron chi connectivity index (χ1n) is 9.35. The molecule has 26 heavy (non-hydrogen) atoms. The summed E-state index contributed by atoms with van der Waals surface area (Å²) in [5.41, 5.74) is 0.471. The molecule has 5 nitrogen and oxygen atoms in total. The second kappa shape index (κ2) is 7.74. The number of fused-ring (bicyclic) bond motifs is 1. The minimum absolute atomic E-state index is 0.0905. The summed E-state index contributed by atoms with van der Waals surface area (Å²) in [4.78, 5) is 31.2. The molecule has 1 aromatic carbocycles. The van der Waals surface area contributed by atoms with Crippen molar-refractivity contribution in [2.45, 2.75) is 46.0 Å². The number of benzene rings is 1. The van der Waals surface area contributed by atoms with Crippen molar-refractivity contribution in [3.05, 3.63) is 29.3 Å². The summed E-state index contributed by atoms with van der Waals surface area (Å²) >= 11 is 1.65. The van der Waals surface area contributed by atoms with E-state index >= 15 is 0 Å². The van der Waals surface area contributed by atoms with Crippen LogP contribution in [-0.4, -0.2) is 40.0 Å². The van der Waals surface area contributed by atoms with Crippen LogP contribution in [0.3, 0.4) is 0 Å². The standard InChI is InChI=1S/C20H26N2O3S/c1-3-20(4-2,12-17-21-15-9-5-6-10-16(15)26-17)19(25)22-11-7-8-14(13-22)18(23)24/h5-6,9-10,14H,3-4,7-8,11-13H2,1-2H3,(H,23,24). The third-order valence-electron chi connectivity index (χ3n) is 5.69. The Morgan fingerprint density at radius 3 is 2.69 bits per heavy atom. The minimum atomic E-state index is -0.799. The Morgan fingerprint density at radius 1 is 1.31 bits per heavy atom. The SMILES string of the molecule is CCC(CC)(Cc1nc2ccccc2s1)C(=O)N1CCCC(C(=O)O)C1. The van der Waals surface area contributed by atoms with Crippen LogP contribution in [0.1, 0.15) is 44.5 Å². The van der Waals surface area contributed by atoms with Gasteiger partial charge in [0.2, 0.25) is 5.91 Å². The molecule has 3 rings (SSSR count). The number of carboxylic acid groups (broad SMARTS) is 1. The van der Waals surface area contributed by atoms with E-state index in [1.165, 1.54) is 0 Å². The maximum Gasteiger partial charge on any atom is 0.308 e. The van der Waals surface area contributed by atoms with Crippen molar-refractivity contribution in [3.63, 3.8) is 0 Å². The van der Waals surface area contributed by atoms with Gasteiger partial charge in [-0.2, -0.15) is 0 Å². The highest BCUT2D eigenvalue weighted by Crippen LogP contribution is 2.37. The van der Waals surface area contributed by atoms with Gasteiger partial charge in [0.05, 0.1) is 26.6 Å². The van der Waals surface area contributed by atoms with Crippen molar-refractivity contribution in [2.75, 3.05) is 13.1 Å². The number of carboxylic acids is 1. The van der Waals surface area contributed by atoms with Crippen molar-refractivity contribution >= 4 is 33.4 Å². The second-order valence-electron chi connectivity index (χ2n) is 7.17. The molecule has 1 N–H and O–H groups in total. The maximum absolute atomic E-state index is 13.4. The largest absolute Gasteiger partial charge is 0.481 e. The van der Waals surface area contributed by atoms with Crippen LogP contribution < -0.4 is 0 Å². The quantitative estimate of drug-likeness (QED) is 0.830. The molecule has 1 saturated heterocycles. The van der Waals surface area contributed by atoms with Crippen LogP contribution >= 0.6 is 11.3 Å². The van der Waals surface area contributed by atoms with E-state index in [1.54, 1.807) is 16.2 Å². The molecule has 1 aliphatic heterocycles. The summed E-state index contributed by atoms with van der Waals surface area (Å²) in [5.74, 6) is -1.15. The fraction of sp³-hybridized carbons (Fsp3) is 0.550. The molecule has 0 spiro atoms. The van der Waals surface area contributed by atoms with Crippen LogP contribution in [0.15, 0.2) is 24.3 Å². The van der Waals surface area contributed by atoms with Crippen molar-refractivity contribution in [2.24, 2.45) is 11.3 Å². The molecule has 0 aliphatic carbocycles. The number of aromatic nitrogens is 1. The Labute approximate surface area is 158 Å². The number of amides is 1. The summed E-state index contributed by atoms with van der Waals surface area (Å²) in [6.45, 7) is 5.08. The second-order valence-corrected chi connectivity index (χ2v) is 8.28. The summed E-state index contributed by atoms with van der Waals surface area (Å²) < 4.78 is 1.14. The first-order valence-corrected chi connectivity index (χ1v) is 10.2. The van der Waals surface area contributed by atoms with Gasteiger partial charge in [0.15, 0.2) is 0 Å². The molecule has 1 fully saturated rings. The topological polar surface area (TPSA) is 70.5 Å². The zero-order valence-corrected chi connectivity index (χ0v) is 16.2. The lowest BCUT2D eigenvalue weighted by molar-refractivity contribution is -0.150. The number of carbonyl (C=O) groups is 2. The molecule has 0 bridgehead atoms. The van der Waals surface area contributed by atoms with Gasteiger partial charge in [0, 0.05) is 19.5 Å².